The molecule has 0 saturated heterocycles. The SMILES string of the molecule is Cc1cccc(C2CC(Nc3ccc(F)cc3)C2)c1. The van der Waals surface area contributed by atoms with Gasteiger partial charge in [-0.3, -0.25) is 0 Å². The summed E-state index contributed by atoms with van der Waals surface area (Å²) >= 11 is 0. The number of nitrogens with one attached hydrogen (secondary N) is 1. The molecule has 0 bridgehead atoms. The van der Waals surface area contributed by atoms with Crippen molar-refractivity contribution >= 4 is 5.69 Å². The molecule has 2 aromatic rings. The molecule has 1 aliphatic carbocycles. The molecule has 98 valence electrons. The number of halogens is 1. The lowest BCUT2D eigenvalue weighted by Crippen LogP contribution is -2.33. The van der Waals surface area contributed by atoms with Crippen LogP contribution in [-0.2, 0) is 0 Å². The molecular formula is C17H18FN. The molecule has 2 aromatic carbocycles. The van der Waals surface area contributed by atoms with Gasteiger partial charge in [0.2, 0.25) is 0 Å². The molecule has 0 unspecified atom stereocenters. The highest BCUT2D eigenvalue weighted by molar-refractivity contribution is 5.45. The quantitative estimate of drug-likeness (QED) is 0.852. The number of hydrogen-bond donors (Lipinski definition) is 1. The molecule has 1 saturated carbocycles. The monoisotopic (exact) mass is 255 g/mol. The van der Waals surface area contributed by atoms with Crippen LogP contribution in [0.3, 0.4) is 0 Å². The van der Waals surface area contributed by atoms with E-state index in [-0.39, 0.29) is 5.82 Å². The maximum absolute atomic E-state index is 12.8. The van der Waals surface area contributed by atoms with Gasteiger partial charge in [-0.1, -0.05) is 29.8 Å². The summed E-state index contributed by atoms with van der Waals surface area (Å²) < 4.78 is 12.8. The molecule has 0 spiro atoms. The van der Waals surface area contributed by atoms with E-state index in [2.05, 4.69) is 36.5 Å². The van der Waals surface area contributed by atoms with Gasteiger partial charge in [-0.25, -0.2) is 4.39 Å². The van der Waals surface area contributed by atoms with E-state index in [0.717, 1.165) is 18.5 Å². The van der Waals surface area contributed by atoms with Gasteiger partial charge in [0.15, 0.2) is 0 Å². The molecule has 0 amide bonds. The first-order chi connectivity index (χ1) is 9.20. The Kier molecular flexibility index (Phi) is 3.24. The Morgan fingerprint density at radius 1 is 1.05 bits per heavy atom. The topological polar surface area (TPSA) is 12.0 Å². The third-order valence-corrected chi connectivity index (χ3v) is 3.87. The van der Waals surface area contributed by atoms with Crippen LogP contribution in [0, 0.1) is 12.7 Å². The third kappa shape index (κ3) is 2.78. The van der Waals surface area contributed by atoms with Crippen molar-refractivity contribution in [3.8, 4) is 0 Å². The van der Waals surface area contributed by atoms with Gasteiger partial charge in [-0.15, -0.1) is 0 Å². The molecule has 0 radical (unpaired) electrons. The van der Waals surface area contributed by atoms with E-state index in [9.17, 15) is 4.39 Å². The lowest BCUT2D eigenvalue weighted by atomic mass is 9.75. The van der Waals surface area contributed by atoms with Crippen LogP contribution in [0.4, 0.5) is 10.1 Å². The summed E-state index contributed by atoms with van der Waals surface area (Å²) in [4.78, 5) is 0. The first-order valence-corrected chi connectivity index (χ1v) is 6.79. The fraction of sp³-hybridized carbons (Fsp3) is 0.294. The van der Waals surface area contributed by atoms with Gasteiger partial charge in [0, 0.05) is 11.7 Å². The van der Waals surface area contributed by atoms with Crippen molar-refractivity contribution in [1.29, 1.82) is 0 Å². The van der Waals surface area contributed by atoms with E-state index < -0.39 is 0 Å². The van der Waals surface area contributed by atoms with Gasteiger partial charge >= 0.3 is 0 Å². The zero-order chi connectivity index (χ0) is 13.2. The van der Waals surface area contributed by atoms with Crippen LogP contribution in [0.5, 0.6) is 0 Å². The molecule has 2 heteroatoms. The van der Waals surface area contributed by atoms with E-state index in [4.69, 9.17) is 0 Å². The van der Waals surface area contributed by atoms with Gasteiger partial charge in [0.05, 0.1) is 0 Å². The number of hydrogen-bond acceptors (Lipinski definition) is 1. The van der Waals surface area contributed by atoms with Crippen molar-refractivity contribution in [3.63, 3.8) is 0 Å². The van der Waals surface area contributed by atoms with Crippen LogP contribution in [0.25, 0.3) is 0 Å². The minimum atomic E-state index is -0.184. The molecule has 0 atom stereocenters. The summed E-state index contributed by atoms with van der Waals surface area (Å²) in [7, 11) is 0. The van der Waals surface area contributed by atoms with Crippen molar-refractivity contribution in [2.75, 3.05) is 5.32 Å². The van der Waals surface area contributed by atoms with Crippen molar-refractivity contribution in [2.24, 2.45) is 0 Å². The summed E-state index contributed by atoms with van der Waals surface area (Å²) in [6.45, 7) is 2.14. The molecule has 1 fully saturated rings. The Morgan fingerprint density at radius 3 is 2.47 bits per heavy atom. The van der Waals surface area contributed by atoms with Gasteiger partial charge in [0.25, 0.3) is 0 Å². The Labute approximate surface area is 113 Å². The van der Waals surface area contributed by atoms with Crippen molar-refractivity contribution in [1.82, 2.24) is 0 Å². The van der Waals surface area contributed by atoms with Gasteiger partial charge in [0.1, 0.15) is 5.82 Å². The number of aryl methyl sites for hydroxylation is 1. The number of anilines is 1. The second-order valence-corrected chi connectivity index (χ2v) is 5.43. The number of benzene rings is 2. The van der Waals surface area contributed by atoms with Crippen LogP contribution in [0.1, 0.15) is 29.9 Å². The van der Waals surface area contributed by atoms with Crippen molar-refractivity contribution < 1.29 is 4.39 Å². The van der Waals surface area contributed by atoms with Crippen LogP contribution in [0.15, 0.2) is 48.5 Å². The molecule has 0 heterocycles. The Bertz CT molecular complexity index is 556. The second-order valence-electron chi connectivity index (χ2n) is 5.43. The molecule has 19 heavy (non-hydrogen) atoms. The lowest BCUT2D eigenvalue weighted by molar-refractivity contribution is 0.374. The molecule has 0 aliphatic heterocycles. The predicted molar refractivity (Wildman–Crippen MR) is 77.0 cm³/mol. The highest BCUT2D eigenvalue weighted by Gasteiger charge is 2.30. The van der Waals surface area contributed by atoms with E-state index in [1.54, 1.807) is 12.1 Å². The average molecular weight is 255 g/mol. The van der Waals surface area contributed by atoms with Gasteiger partial charge in [-0.05, 0) is 55.5 Å². The van der Waals surface area contributed by atoms with Gasteiger partial charge < -0.3 is 5.32 Å². The Hall–Kier alpha value is -1.83. The maximum atomic E-state index is 12.8. The van der Waals surface area contributed by atoms with Crippen LogP contribution < -0.4 is 5.32 Å². The first-order valence-electron chi connectivity index (χ1n) is 6.79. The molecular weight excluding hydrogens is 237 g/mol. The summed E-state index contributed by atoms with van der Waals surface area (Å²) in [6.07, 6.45) is 2.31. The van der Waals surface area contributed by atoms with Crippen molar-refractivity contribution in [2.45, 2.75) is 31.7 Å². The average Bonchev–Trinajstić information content (AvgIpc) is 2.35. The van der Waals surface area contributed by atoms with E-state index >= 15 is 0 Å². The minimum Gasteiger partial charge on any atom is -0.382 e. The maximum Gasteiger partial charge on any atom is 0.123 e. The normalized spacial score (nSPS) is 21.8. The Balaban J connectivity index is 1.57. The predicted octanol–water partition coefficient (Wildman–Crippen LogP) is 4.49. The summed E-state index contributed by atoms with van der Waals surface area (Å²) in [5.41, 5.74) is 3.78. The fourth-order valence-electron chi connectivity index (χ4n) is 2.71. The van der Waals surface area contributed by atoms with E-state index in [0.29, 0.717) is 12.0 Å². The summed E-state index contributed by atoms with van der Waals surface area (Å²) in [5.74, 6) is 0.481. The fourth-order valence-corrected chi connectivity index (χ4v) is 2.71. The molecule has 0 aromatic heterocycles. The van der Waals surface area contributed by atoms with Crippen LogP contribution in [0.2, 0.25) is 0 Å². The van der Waals surface area contributed by atoms with Crippen molar-refractivity contribution in [3.05, 3.63) is 65.5 Å². The Morgan fingerprint density at radius 2 is 1.79 bits per heavy atom. The molecule has 1 nitrogen and oxygen atoms in total. The van der Waals surface area contributed by atoms with Crippen LogP contribution >= 0.6 is 0 Å². The zero-order valence-corrected chi connectivity index (χ0v) is 11.1. The molecule has 1 aliphatic rings. The smallest absolute Gasteiger partial charge is 0.123 e. The number of rotatable bonds is 3. The summed E-state index contributed by atoms with van der Waals surface area (Å²) in [5, 5.41) is 3.45. The zero-order valence-electron chi connectivity index (χ0n) is 11.1. The lowest BCUT2D eigenvalue weighted by Gasteiger charge is -2.37. The van der Waals surface area contributed by atoms with Gasteiger partial charge in [-0.2, -0.15) is 0 Å². The highest BCUT2D eigenvalue weighted by Crippen LogP contribution is 2.38. The van der Waals surface area contributed by atoms with E-state index in [1.165, 1.54) is 23.3 Å². The summed E-state index contributed by atoms with van der Waals surface area (Å²) in [6, 6.07) is 15.9. The molecule has 1 N–H and O–H groups in total. The second kappa shape index (κ2) is 5.04. The molecule has 3 rings (SSSR count). The van der Waals surface area contributed by atoms with Crippen LogP contribution in [-0.4, -0.2) is 6.04 Å². The minimum absolute atomic E-state index is 0.184. The standard InChI is InChI=1S/C17H18FN/c1-12-3-2-4-13(9-12)14-10-17(11-14)19-16-7-5-15(18)6-8-16/h2-9,14,17,19H,10-11H2,1H3. The first kappa shape index (κ1) is 12.2. The van der Waals surface area contributed by atoms with E-state index in [1.807, 2.05) is 0 Å². The third-order valence-electron chi connectivity index (χ3n) is 3.87. The highest BCUT2D eigenvalue weighted by atomic mass is 19.1. The largest absolute Gasteiger partial charge is 0.382 e.